The topological polar surface area (TPSA) is 53.1 Å². The summed E-state index contributed by atoms with van der Waals surface area (Å²) in [5.74, 6) is 3.85. The molecule has 1 fully saturated rings. The number of hydrogen-bond acceptors (Lipinski definition) is 4. The number of nitrogen functional groups attached to an aromatic ring is 1. The van der Waals surface area contributed by atoms with Crippen LogP contribution in [0.2, 0.25) is 0 Å². The molecule has 0 unspecified atom stereocenters. The third kappa shape index (κ3) is 2.27. The Morgan fingerprint density at radius 2 is 2.21 bits per heavy atom. The fourth-order valence-electron chi connectivity index (χ4n) is 2.71. The van der Waals surface area contributed by atoms with Crippen LogP contribution in [0.15, 0.2) is 18.2 Å². The maximum atomic E-state index is 6.14. The maximum absolute atomic E-state index is 6.14. The SMILES string of the molecule is CCOc1cccc2c1nc(N)n2C1CCSCC1. The monoisotopic (exact) mass is 277 g/mol. The third-order valence-corrected chi connectivity index (χ3v) is 4.61. The predicted octanol–water partition coefficient (Wildman–Crippen LogP) is 3.09. The molecule has 1 aromatic heterocycles. The van der Waals surface area contributed by atoms with Gasteiger partial charge in [-0.1, -0.05) is 6.07 Å². The number of hydrogen-bond donors (Lipinski definition) is 1. The Labute approximate surface area is 117 Å². The number of ether oxygens (including phenoxy) is 1. The lowest BCUT2D eigenvalue weighted by atomic mass is 10.1. The molecule has 2 aromatic rings. The van der Waals surface area contributed by atoms with E-state index < -0.39 is 0 Å². The molecule has 102 valence electrons. The second-order valence-corrected chi connectivity index (χ2v) is 5.97. The Kier molecular flexibility index (Phi) is 3.55. The minimum atomic E-state index is 0.475. The summed E-state index contributed by atoms with van der Waals surface area (Å²) in [5, 5.41) is 0. The molecule has 3 rings (SSSR count). The summed E-state index contributed by atoms with van der Waals surface area (Å²) in [6.07, 6.45) is 2.33. The number of rotatable bonds is 3. The number of thioether (sulfide) groups is 1. The van der Waals surface area contributed by atoms with E-state index in [1.165, 1.54) is 24.3 Å². The van der Waals surface area contributed by atoms with Crippen LogP contribution in [0.1, 0.15) is 25.8 Å². The highest BCUT2D eigenvalue weighted by atomic mass is 32.2. The lowest BCUT2D eigenvalue weighted by Crippen LogP contribution is -2.17. The molecular formula is C14H19N3OS. The summed E-state index contributed by atoms with van der Waals surface area (Å²) in [6.45, 7) is 2.63. The van der Waals surface area contributed by atoms with Crippen molar-refractivity contribution in [3.63, 3.8) is 0 Å². The molecule has 2 N–H and O–H groups in total. The number of nitrogens with zero attached hydrogens (tertiary/aromatic N) is 2. The molecule has 0 amide bonds. The fourth-order valence-corrected chi connectivity index (χ4v) is 3.79. The zero-order chi connectivity index (χ0) is 13.2. The summed E-state index contributed by atoms with van der Waals surface area (Å²) in [7, 11) is 0. The van der Waals surface area contributed by atoms with Gasteiger partial charge in [-0.3, -0.25) is 0 Å². The van der Waals surface area contributed by atoms with E-state index in [1.54, 1.807) is 0 Å². The quantitative estimate of drug-likeness (QED) is 0.936. The Hall–Kier alpha value is -1.36. The van der Waals surface area contributed by atoms with Gasteiger partial charge in [-0.25, -0.2) is 4.98 Å². The molecule has 1 aliphatic heterocycles. The van der Waals surface area contributed by atoms with Crippen LogP contribution in [0.25, 0.3) is 11.0 Å². The molecular weight excluding hydrogens is 258 g/mol. The van der Waals surface area contributed by atoms with Gasteiger partial charge in [0.1, 0.15) is 11.3 Å². The average Bonchev–Trinajstić information content (AvgIpc) is 2.77. The normalized spacial score (nSPS) is 16.9. The molecule has 0 spiro atoms. The lowest BCUT2D eigenvalue weighted by molar-refractivity contribution is 0.343. The third-order valence-electron chi connectivity index (χ3n) is 3.57. The molecule has 4 nitrogen and oxygen atoms in total. The van der Waals surface area contributed by atoms with Crippen molar-refractivity contribution in [3.8, 4) is 5.75 Å². The van der Waals surface area contributed by atoms with Gasteiger partial charge in [-0.2, -0.15) is 11.8 Å². The van der Waals surface area contributed by atoms with Crippen LogP contribution in [-0.4, -0.2) is 27.7 Å². The number of anilines is 1. The summed E-state index contributed by atoms with van der Waals surface area (Å²) in [6, 6.07) is 6.54. The van der Waals surface area contributed by atoms with E-state index in [-0.39, 0.29) is 0 Å². The Bertz CT molecular complexity index is 575. The van der Waals surface area contributed by atoms with Gasteiger partial charge in [-0.15, -0.1) is 0 Å². The minimum Gasteiger partial charge on any atom is -0.492 e. The van der Waals surface area contributed by atoms with Crippen molar-refractivity contribution in [2.24, 2.45) is 0 Å². The molecule has 0 radical (unpaired) electrons. The van der Waals surface area contributed by atoms with Crippen molar-refractivity contribution < 1.29 is 4.74 Å². The van der Waals surface area contributed by atoms with Gasteiger partial charge < -0.3 is 15.0 Å². The van der Waals surface area contributed by atoms with Crippen molar-refractivity contribution in [2.45, 2.75) is 25.8 Å². The van der Waals surface area contributed by atoms with E-state index in [2.05, 4.69) is 15.6 Å². The number of nitrogens with two attached hydrogens (primary N) is 1. The first-order chi connectivity index (χ1) is 9.31. The van der Waals surface area contributed by atoms with Gasteiger partial charge in [0.2, 0.25) is 5.95 Å². The molecule has 0 saturated carbocycles. The van der Waals surface area contributed by atoms with Crippen molar-refractivity contribution in [1.29, 1.82) is 0 Å². The largest absolute Gasteiger partial charge is 0.492 e. The van der Waals surface area contributed by atoms with Crippen LogP contribution in [0.4, 0.5) is 5.95 Å². The maximum Gasteiger partial charge on any atom is 0.201 e. The number of fused-ring (bicyclic) bond motifs is 1. The van der Waals surface area contributed by atoms with E-state index in [9.17, 15) is 0 Å². The molecule has 1 saturated heterocycles. The van der Waals surface area contributed by atoms with Crippen molar-refractivity contribution in [3.05, 3.63) is 18.2 Å². The zero-order valence-corrected chi connectivity index (χ0v) is 11.9. The van der Waals surface area contributed by atoms with Crippen LogP contribution in [0.5, 0.6) is 5.75 Å². The van der Waals surface area contributed by atoms with Crippen LogP contribution in [0, 0.1) is 0 Å². The van der Waals surface area contributed by atoms with Crippen LogP contribution < -0.4 is 10.5 Å². The number of aromatic nitrogens is 2. The number of benzene rings is 1. The lowest BCUT2D eigenvalue weighted by Gasteiger charge is -2.24. The first kappa shape index (κ1) is 12.7. The molecule has 1 aromatic carbocycles. The molecule has 19 heavy (non-hydrogen) atoms. The van der Waals surface area contributed by atoms with Crippen LogP contribution in [-0.2, 0) is 0 Å². The summed E-state index contributed by atoms with van der Waals surface area (Å²) in [4.78, 5) is 4.52. The highest BCUT2D eigenvalue weighted by Gasteiger charge is 2.21. The summed E-state index contributed by atoms with van der Waals surface area (Å²) < 4.78 is 7.83. The van der Waals surface area contributed by atoms with Gasteiger partial charge in [0, 0.05) is 6.04 Å². The van der Waals surface area contributed by atoms with Gasteiger partial charge in [0.05, 0.1) is 12.1 Å². The second-order valence-electron chi connectivity index (χ2n) is 4.74. The minimum absolute atomic E-state index is 0.475. The van der Waals surface area contributed by atoms with E-state index >= 15 is 0 Å². The Balaban J connectivity index is 2.08. The van der Waals surface area contributed by atoms with Crippen molar-refractivity contribution in [2.75, 3.05) is 23.8 Å². The molecule has 0 atom stereocenters. The first-order valence-corrected chi connectivity index (χ1v) is 7.93. The highest BCUT2D eigenvalue weighted by molar-refractivity contribution is 7.99. The highest BCUT2D eigenvalue weighted by Crippen LogP contribution is 2.35. The van der Waals surface area contributed by atoms with Crippen molar-refractivity contribution in [1.82, 2.24) is 9.55 Å². The Morgan fingerprint density at radius 3 is 2.95 bits per heavy atom. The Morgan fingerprint density at radius 1 is 1.42 bits per heavy atom. The second kappa shape index (κ2) is 5.33. The standard InChI is InChI=1S/C14H19N3OS/c1-2-18-12-5-3-4-11-13(12)16-14(15)17(11)10-6-8-19-9-7-10/h3-5,10H,2,6-9H2,1H3,(H2,15,16). The van der Waals surface area contributed by atoms with E-state index in [0.717, 1.165) is 16.8 Å². The fraction of sp³-hybridized carbons (Fsp3) is 0.500. The van der Waals surface area contributed by atoms with E-state index in [1.807, 2.05) is 30.8 Å². The number of imidazole rings is 1. The van der Waals surface area contributed by atoms with E-state index in [4.69, 9.17) is 10.5 Å². The molecule has 5 heteroatoms. The molecule has 2 heterocycles. The van der Waals surface area contributed by atoms with Gasteiger partial charge >= 0.3 is 0 Å². The van der Waals surface area contributed by atoms with Gasteiger partial charge in [0.15, 0.2) is 0 Å². The summed E-state index contributed by atoms with van der Waals surface area (Å²) in [5.41, 5.74) is 8.13. The van der Waals surface area contributed by atoms with Gasteiger partial charge in [0.25, 0.3) is 0 Å². The van der Waals surface area contributed by atoms with Gasteiger partial charge in [-0.05, 0) is 43.4 Å². The predicted molar refractivity (Wildman–Crippen MR) is 80.9 cm³/mol. The molecule has 0 bridgehead atoms. The van der Waals surface area contributed by atoms with Crippen LogP contribution >= 0.6 is 11.8 Å². The smallest absolute Gasteiger partial charge is 0.201 e. The van der Waals surface area contributed by atoms with Crippen LogP contribution in [0.3, 0.4) is 0 Å². The first-order valence-electron chi connectivity index (χ1n) is 6.78. The van der Waals surface area contributed by atoms with Crippen molar-refractivity contribution >= 4 is 28.7 Å². The average molecular weight is 277 g/mol. The molecule has 1 aliphatic rings. The summed E-state index contributed by atoms with van der Waals surface area (Å²) >= 11 is 2.02. The zero-order valence-electron chi connectivity index (χ0n) is 11.1. The number of para-hydroxylation sites is 1. The molecule has 0 aliphatic carbocycles. The van der Waals surface area contributed by atoms with E-state index in [0.29, 0.717) is 18.6 Å².